The molecule has 324 valence electrons. The summed E-state index contributed by atoms with van der Waals surface area (Å²) in [5.41, 5.74) is 8.31. The second-order valence-electron chi connectivity index (χ2n) is 15.1. The lowest BCUT2D eigenvalue weighted by molar-refractivity contribution is -0.141. The number of anilines is 3. The van der Waals surface area contributed by atoms with Gasteiger partial charge in [-0.25, -0.2) is 4.79 Å². The molecule has 0 saturated carbocycles. The monoisotopic (exact) mass is 840 g/mol. The van der Waals surface area contributed by atoms with Gasteiger partial charge < -0.3 is 45.9 Å². The van der Waals surface area contributed by atoms with E-state index in [1.807, 2.05) is 38.1 Å². The maximum atomic E-state index is 14.0. The van der Waals surface area contributed by atoms with Gasteiger partial charge in [-0.1, -0.05) is 56.3 Å². The fourth-order valence-electron chi connectivity index (χ4n) is 7.00. The fourth-order valence-corrected chi connectivity index (χ4v) is 7.00. The molecule has 2 aliphatic heterocycles. The number of unbranched alkanes of at least 4 members (excludes halogenated alkanes) is 1. The van der Waals surface area contributed by atoms with Crippen LogP contribution in [0, 0.1) is 5.92 Å². The van der Waals surface area contributed by atoms with E-state index in [0.29, 0.717) is 30.5 Å². The number of nitrogens with zero attached hydrogens (tertiary/aromatic N) is 2. The molecule has 0 aliphatic carbocycles. The number of amides is 6. The number of hydrogen-bond donors (Lipinski definition) is 5. The number of aromatic hydroxyl groups is 1. The lowest BCUT2D eigenvalue weighted by Crippen LogP contribution is -2.52. The maximum absolute atomic E-state index is 14.0. The number of ether oxygens (including phenoxy) is 3. The van der Waals surface area contributed by atoms with Gasteiger partial charge in [0, 0.05) is 36.7 Å². The number of benzene rings is 3. The molecule has 0 fully saturated rings. The number of para-hydroxylation sites is 1. The lowest BCUT2D eigenvalue weighted by atomic mass is 10.1. The molecule has 6 amide bonds. The van der Waals surface area contributed by atoms with Crippen molar-refractivity contribution in [3.05, 3.63) is 89.5 Å². The molecule has 17 nitrogen and oxygen atoms in total. The smallest absolute Gasteiger partial charge is 0.414 e. The van der Waals surface area contributed by atoms with Gasteiger partial charge in [0.05, 0.1) is 38.1 Å². The zero-order valence-corrected chi connectivity index (χ0v) is 34.6. The van der Waals surface area contributed by atoms with Gasteiger partial charge in [-0.2, -0.15) is 0 Å². The average Bonchev–Trinajstić information content (AvgIpc) is 3.56. The van der Waals surface area contributed by atoms with Gasteiger partial charge in [0.25, 0.3) is 5.91 Å². The molecule has 2 aliphatic rings. The molecule has 3 aromatic carbocycles. The van der Waals surface area contributed by atoms with E-state index in [2.05, 4.69) is 20.7 Å². The molecular formula is C44H52N6O11. The summed E-state index contributed by atoms with van der Waals surface area (Å²) in [6, 6.07) is 13.9. The number of phenols is 1. The Morgan fingerprint density at radius 2 is 1.62 bits per heavy atom. The Labute approximate surface area is 353 Å². The topological polar surface area (TPSA) is 236 Å². The van der Waals surface area contributed by atoms with Gasteiger partial charge in [0.1, 0.15) is 18.7 Å². The Hall–Kier alpha value is -6.91. The Kier molecular flexibility index (Phi) is 15.5. The Bertz CT molecular complexity index is 2160. The van der Waals surface area contributed by atoms with E-state index in [1.165, 1.54) is 37.3 Å². The van der Waals surface area contributed by atoms with Crippen LogP contribution in [-0.4, -0.2) is 85.6 Å². The van der Waals surface area contributed by atoms with Crippen molar-refractivity contribution in [2.75, 3.05) is 35.9 Å². The van der Waals surface area contributed by atoms with Crippen LogP contribution < -0.4 is 36.2 Å². The quantitative estimate of drug-likeness (QED) is 0.0690. The molecule has 6 N–H and O–H groups in total. The molecule has 3 atom stereocenters. The summed E-state index contributed by atoms with van der Waals surface area (Å²) in [6.07, 6.45) is 3.71. The Balaban J connectivity index is 1.23. The summed E-state index contributed by atoms with van der Waals surface area (Å²) in [4.78, 5) is 93.6. The first-order valence-corrected chi connectivity index (χ1v) is 20.0. The molecule has 2 unspecified atom stereocenters. The second kappa shape index (κ2) is 20.9. The summed E-state index contributed by atoms with van der Waals surface area (Å²) in [5, 5.41) is 18.7. The summed E-state index contributed by atoms with van der Waals surface area (Å²) >= 11 is 0. The van der Waals surface area contributed by atoms with E-state index in [4.69, 9.17) is 15.2 Å². The molecule has 5 rings (SSSR count). The third-order valence-electron chi connectivity index (χ3n) is 10.2. The molecule has 0 spiro atoms. The number of fused-ring (bicyclic) bond motifs is 4. The van der Waals surface area contributed by atoms with Crippen molar-refractivity contribution < 1.29 is 52.9 Å². The van der Waals surface area contributed by atoms with E-state index < -0.39 is 47.8 Å². The molecule has 0 aromatic heterocycles. The molecule has 2 heterocycles. The van der Waals surface area contributed by atoms with Crippen LogP contribution in [0.2, 0.25) is 0 Å². The molecule has 3 aromatic rings. The van der Waals surface area contributed by atoms with Crippen LogP contribution in [0.3, 0.4) is 0 Å². The van der Waals surface area contributed by atoms with Crippen LogP contribution >= 0.6 is 0 Å². The molecule has 17 heteroatoms. The van der Waals surface area contributed by atoms with E-state index >= 15 is 0 Å². The van der Waals surface area contributed by atoms with Crippen LogP contribution in [0.4, 0.5) is 21.9 Å². The maximum Gasteiger partial charge on any atom is 0.414 e. The van der Waals surface area contributed by atoms with E-state index in [0.717, 1.165) is 11.3 Å². The van der Waals surface area contributed by atoms with Crippen LogP contribution in [0.5, 0.6) is 11.5 Å². The predicted molar refractivity (Wildman–Crippen MR) is 225 cm³/mol. The minimum absolute atomic E-state index is 0.0416. The number of nitrogens with two attached hydrogens (primary N) is 1. The SMILES string of the molecule is COC(=O)CCCCC(=O)NC(/C=C/C(C)C)C(=O)N[C@@H](CCC(N)=O)C(=O)Nc1ccc(COC(=O)N2CC3Cc4ccccc4N3C(=O)c3cc(OC)c(O)cc32)cc1. The highest BCUT2D eigenvalue weighted by Crippen LogP contribution is 2.42. The van der Waals surface area contributed by atoms with Gasteiger partial charge in [-0.15, -0.1) is 0 Å². The second-order valence-corrected chi connectivity index (χ2v) is 15.1. The van der Waals surface area contributed by atoms with Crippen LogP contribution in [0.15, 0.2) is 72.8 Å². The summed E-state index contributed by atoms with van der Waals surface area (Å²) in [5.74, 6) is -3.30. The average molecular weight is 841 g/mol. The summed E-state index contributed by atoms with van der Waals surface area (Å²) in [7, 11) is 2.65. The Morgan fingerprint density at radius 1 is 0.902 bits per heavy atom. The first kappa shape index (κ1) is 45.2. The first-order chi connectivity index (χ1) is 29.2. The summed E-state index contributed by atoms with van der Waals surface area (Å²) < 4.78 is 15.6. The highest BCUT2D eigenvalue weighted by molar-refractivity contribution is 6.14. The molecule has 61 heavy (non-hydrogen) atoms. The van der Waals surface area contributed by atoms with E-state index in [1.54, 1.807) is 35.2 Å². The van der Waals surface area contributed by atoms with Gasteiger partial charge in [-0.05, 0) is 67.0 Å². The number of esters is 1. The number of hydrogen-bond acceptors (Lipinski definition) is 11. The number of carbonyl (C=O) groups excluding carboxylic acids is 7. The van der Waals surface area contributed by atoms with Crippen LogP contribution in [-0.2, 0) is 46.5 Å². The number of allylic oxidation sites excluding steroid dienone is 1. The number of primary amides is 1. The van der Waals surface area contributed by atoms with E-state index in [-0.39, 0.29) is 79.4 Å². The third kappa shape index (κ3) is 11.9. The van der Waals surface area contributed by atoms with Crippen molar-refractivity contribution in [1.82, 2.24) is 10.6 Å². The fraction of sp³-hybridized carbons (Fsp3) is 0.386. The zero-order chi connectivity index (χ0) is 44.2. The summed E-state index contributed by atoms with van der Waals surface area (Å²) in [6.45, 7) is 3.70. The number of carbonyl (C=O) groups is 7. The van der Waals surface area contributed by atoms with Crippen molar-refractivity contribution in [3.8, 4) is 11.5 Å². The molecular weight excluding hydrogens is 789 g/mol. The number of rotatable bonds is 18. The van der Waals surface area contributed by atoms with Crippen LogP contribution in [0.25, 0.3) is 0 Å². The van der Waals surface area contributed by atoms with E-state index in [9.17, 15) is 38.7 Å². The number of methoxy groups -OCH3 is 2. The standard InChI is InChI=1S/C44H52N6O11/c1-26(2)13-18-32(47-39(53)11-7-8-12-40(54)60-4)42(56)48-33(19-20-38(45)52)41(55)46-29-16-14-27(15-17-29)25-61-44(58)49-24-30-21-28-9-5-6-10-34(28)50(30)43(57)31-22-37(59-3)36(51)23-35(31)49/h5-6,9-10,13-18,22-23,26,30,32-33,51H,7-8,11-12,19-21,24-25H2,1-4H3,(H2,45,52)(H,46,55)(H,47,53)(H,48,56)/b18-13+/t30?,32?,33-/m0/s1. The van der Waals surface area contributed by atoms with Gasteiger partial charge in [0.2, 0.25) is 23.6 Å². The molecule has 0 radical (unpaired) electrons. The van der Waals surface area contributed by atoms with Crippen molar-refractivity contribution >= 4 is 58.7 Å². The number of phenolic OH excluding ortho intramolecular Hbond substituents is 1. The van der Waals surface area contributed by atoms with Gasteiger partial charge >= 0.3 is 12.1 Å². The number of nitrogens with one attached hydrogen (secondary N) is 3. The minimum Gasteiger partial charge on any atom is -0.504 e. The first-order valence-electron chi connectivity index (χ1n) is 20.0. The van der Waals surface area contributed by atoms with Crippen molar-refractivity contribution in [1.29, 1.82) is 0 Å². The van der Waals surface area contributed by atoms with Crippen LogP contribution in [0.1, 0.15) is 73.9 Å². The Morgan fingerprint density at radius 3 is 2.31 bits per heavy atom. The highest BCUT2D eigenvalue weighted by atomic mass is 16.6. The van der Waals surface area contributed by atoms with Crippen molar-refractivity contribution in [2.24, 2.45) is 11.7 Å². The molecule has 0 bridgehead atoms. The molecule has 0 saturated heterocycles. The minimum atomic E-state index is -1.21. The normalized spacial score (nSPS) is 15.2. The van der Waals surface area contributed by atoms with Gasteiger partial charge in [0.15, 0.2) is 11.5 Å². The largest absolute Gasteiger partial charge is 0.504 e. The highest BCUT2D eigenvalue weighted by Gasteiger charge is 2.42. The lowest BCUT2D eigenvalue weighted by Gasteiger charge is -2.26. The predicted octanol–water partition coefficient (Wildman–Crippen LogP) is 4.25. The van der Waals surface area contributed by atoms with Crippen molar-refractivity contribution in [2.45, 2.75) is 83.5 Å². The zero-order valence-electron chi connectivity index (χ0n) is 34.6. The van der Waals surface area contributed by atoms with Gasteiger partial charge in [-0.3, -0.25) is 33.7 Å². The third-order valence-corrected chi connectivity index (χ3v) is 10.2. The van der Waals surface area contributed by atoms with Crippen molar-refractivity contribution in [3.63, 3.8) is 0 Å².